The van der Waals surface area contributed by atoms with Crippen LogP contribution in [0.5, 0.6) is 0 Å². The average Bonchev–Trinajstić information content (AvgIpc) is 2.09. The van der Waals surface area contributed by atoms with E-state index >= 15 is 0 Å². The number of hydrogen-bond donors (Lipinski definition) is 0. The molecule has 0 spiro atoms. The molecule has 1 heterocycles. The zero-order valence-electron chi connectivity index (χ0n) is 9.89. The predicted octanol–water partition coefficient (Wildman–Crippen LogP) is 3.92. The van der Waals surface area contributed by atoms with E-state index in [-0.39, 0.29) is 0 Å². The summed E-state index contributed by atoms with van der Waals surface area (Å²) in [5, 5.41) is 0. The summed E-state index contributed by atoms with van der Waals surface area (Å²) < 4.78 is 5.76. The topological polar surface area (TPSA) is 9.23 Å². The Morgan fingerprint density at radius 3 is 2.79 bits per heavy atom. The zero-order chi connectivity index (χ0) is 10.7. The standard InChI is InChI=1S/C13H22O/c1-9(2)11(4)7-13-12(5)6-10(3)8-14-13/h10-11H,1,6-8H2,2-5H3. The molecule has 2 atom stereocenters. The largest absolute Gasteiger partial charge is 0.498 e. The Morgan fingerprint density at radius 1 is 1.64 bits per heavy atom. The number of hydrogen-bond acceptors (Lipinski definition) is 1. The van der Waals surface area contributed by atoms with Crippen LogP contribution in [0.2, 0.25) is 0 Å². The third-order valence-electron chi connectivity index (χ3n) is 3.01. The second-order valence-corrected chi connectivity index (χ2v) is 4.78. The fraction of sp³-hybridized carbons (Fsp3) is 0.692. The molecule has 0 aliphatic carbocycles. The molecule has 1 heteroatoms. The molecule has 0 fully saturated rings. The van der Waals surface area contributed by atoms with Gasteiger partial charge in [0.2, 0.25) is 0 Å². The first-order valence-electron chi connectivity index (χ1n) is 5.47. The second-order valence-electron chi connectivity index (χ2n) is 4.78. The van der Waals surface area contributed by atoms with Crippen LogP contribution in [0.15, 0.2) is 23.5 Å². The van der Waals surface area contributed by atoms with E-state index in [1.54, 1.807) is 0 Å². The number of ether oxygens (including phenoxy) is 1. The molecule has 0 aromatic carbocycles. The minimum atomic E-state index is 0.536. The molecule has 2 unspecified atom stereocenters. The average molecular weight is 194 g/mol. The summed E-state index contributed by atoms with van der Waals surface area (Å²) in [4.78, 5) is 0. The van der Waals surface area contributed by atoms with Gasteiger partial charge in [0.1, 0.15) is 0 Å². The van der Waals surface area contributed by atoms with Crippen LogP contribution in [0, 0.1) is 11.8 Å². The van der Waals surface area contributed by atoms with Crippen molar-refractivity contribution in [3.05, 3.63) is 23.5 Å². The molecular weight excluding hydrogens is 172 g/mol. The normalized spacial score (nSPS) is 24.4. The molecule has 1 aliphatic heterocycles. The molecule has 0 aromatic heterocycles. The van der Waals surface area contributed by atoms with Crippen LogP contribution >= 0.6 is 0 Å². The number of rotatable bonds is 3. The van der Waals surface area contributed by atoms with Gasteiger partial charge in [0.05, 0.1) is 12.4 Å². The van der Waals surface area contributed by atoms with Gasteiger partial charge in [0.25, 0.3) is 0 Å². The Labute approximate surface area is 87.8 Å². The van der Waals surface area contributed by atoms with Crippen molar-refractivity contribution in [3.63, 3.8) is 0 Å². The molecule has 80 valence electrons. The van der Waals surface area contributed by atoms with Crippen molar-refractivity contribution >= 4 is 0 Å². The minimum absolute atomic E-state index is 0.536. The van der Waals surface area contributed by atoms with Gasteiger partial charge in [0.15, 0.2) is 0 Å². The van der Waals surface area contributed by atoms with Gasteiger partial charge in [-0.2, -0.15) is 0 Å². The van der Waals surface area contributed by atoms with E-state index in [4.69, 9.17) is 4.74 Å². The molecular formula is C13H22O. The fourth-order valence-electron chi connectivity index (χ4n) is 1.75. The van der Waals surface area contributed by atoms with Gasteiger partial charge in [-0.25, -0.2) is 0 Å². The van der Waals surface area contributed by atoms with Gasteiger partial charge in [-0.1, -0.05) is 26.0 Å². The lowest BCUT2D eigenvalue weighted by Crippen LogP contribution is -2.15. The third kappa shape index (κ3) is 2.90. The van der Waals surface area contributed by atoms with Crippen molar-refractivity contribution in [2.45, 2.75) is 40.5 Å². The maximum absolute atomic E-state index is 5.76. The van der Waals surface area contributed by atoms with Gasteiger partial charge in [-0.05, 0) is 37.7 Å². The molecule has 0 radical (unpaired) electrons. The molecule has 1 rings (SSSR count). The molecule has 0 aromatic rings. The van der Waals surface area contributed by atoms with Crippen molar-refractivity contribution in [1.82, 2.24) is 0 Å². The summed E-state index contributed by atoms with van der Waals surface area (Å²) in [5.41, 5.74) is 2.67. The Bertz CT molecular complexity index is 250. The molecule has 0 bridgehead atoms. The molecule has 1 aliphatic rings. The Morgan fingerprint density at radius 2 is 2.29 bits per heavy atom. The van der Waals surface area contributed by atoms with E-state index in [2.05, 4.69) is 34.3 Å². The first kappa shape index (κ1) is 11.4. The van der Waals surface area contributed by atoms with Gasteiger partial charge >= 0.3 is 0 Å². The van der Waals surface area contributed by atoms with E-state index in [1.165, 1.54) is 23.3 Å². The van der Waals surface area contributed by atoms with Crippen molar-refractivity contribution in [2.75, 3.05) is 6.61 Å². The predicted molar refractivity (Wildman–Crippen MR) is 61.0 cm³/mol. The zero-order valence-corrected chi connectivity index (χ0v) is 9.89. The number of allylic oxidation sites excluding steroid dienone is 3. The molecule has 0 amide bonds. The maximum Gasteiger partial charge on any atom is 0.0955 e. The van der Waals surface area contributed by atoms with Crippen LogP contribution in [-0.4, -0.2) is 6.61 Å². The highest BCUT2D eigenvalue weighted by Crippen LogP contribution is 2.28. The van der Waals surface area contributed by atoms with E-state index in [0.29, 0.717) is 11.8 Å². The van der Waals surface area contributed by atoms with Crippen LogP contribution in [0.1, 0.15) is 40.5 Å². The smallest absolute Gasteiger partial charge is 0.0955 e. The minimum Gasteiger partial charge on any atom is -0.498 e. The van der Waals surface area contributed by atoms with Crippen molar-refractivity contribution in [3.8, 4) is 0 Å². The first-order chi connectivity index (χ1) is 6.50. The highest BCUT2D eigenvalue weighted by Gasteiger charge is 2.18. The molecule has 14 heavy (non-hydrogen) atoms. The summed E-state index contributed by atoms with van der Waals surface area (Å²) in [6.45, 7) is 13.6. The van der Waals surface area contributed by atoms with E-state index in [9.17, 15) is 0 Å². The lowest BCUT2D eigenvalue weighted by Gasteiger charge is -2.26. The fourth-order valence-corrected chi connectivity index (χ4v) is 1.75. The van der Waals surface area contributed by atoms with Crippen molar-refractivity contribution in [1.29, 1.82) is 0 Å². The van der Waals surface area contributed by atoms with Crippen LogP contribution in [0.25, 0.3) is 0 Å². The Balaban J connectivity index is 2.60. The second kappa shape index (κ2) is 4.68. The highest BCUT2D eigenvalue weighted by molar-refractivity contribution is 5.12. The van der Waals surface area contributed by atoms with Crippen LogP contribution in [0.4, 0.5) is 0 Å². The summed E-state index contributed by atoms with van der Waals surface area (Å²) in [6.07, 6.45) is 2.21. The van der Waals surface area contributed by atoms with Gasteiger partial charge < -0.3 is 4.74 Å². The van der Waals surface area contributed by atoms with Gasteiger partial charge in [0, 0.05) is 6.42 Å². The lowest BCUT2D eigenvalue weighted by molar-refractivity contribution is 0.135. The molecule has 0 N–H and O–H groups in total. The van der Waals surface area contributed by atoms with E-state index < -0.39 is 0 Å². The molecule has 1 nitrogen and oxygen atoms in total. The van der Waals surface area contributed by atoms with Crippen molar-refractivity contribution < 1.29 is 4.74 Å². The SMILES string of the molecule is C=C(C)C(C)CC1=C(C)CC(C)CO1. The van der Waals surface area contributed by atoms with E-state index in [0.717, 1.165) is 13.0 Å². The van der Waals surface area contributed by atoms with E-state index in [1.807, 2.05) is 0 Å². The highest BCUT2D eigenvalue weighted by atomic mass is 16.5. The maximum atomic E-state index is 5.76. The van der Waals surface area contributed by atoms with Crippen molar-refractivity contribution in [2.24, 2.45) is 11.8 Å². The molecule has 0 saturated heterocycles. The quantitative estimate of drug-likeness (QED) is 0.619. The van der Waals surface area contributed by atoms with Crippen LogP contribution < -0.4 is 0 Å². The Hall–Kier alpha value is -0.720. The summed E-state index contributed by atoms with van der Waals surface area (Å²) in [6, 6.07) is 0. The molecule has 0 saturated carbocycles. The van der Waals surface area contributed by atoms with Crippen LogP contribution in [0.3, 0.4) is 0 Å². The monoisotopic (exact) mass is 194 g/mol. The summed E-state index contributed by atoms with van der Waals surface area (Å²) >= 11 is 0. The summed E-state index contributed by atoms with van der Waals surface area (Å²) in [7, 11) is 0. The first-order valence-corrected chi connectivity index (χ1v) is 5.47. The Kier molecular flexibility index (Phi) is 3.79. The third-order valence-corrected chi connectivity index (χ3v) is 3.01. The summed E-state index contributed by atoms with van der Waals surface area (Å²) in [5.74, 6) is 2.42. The van der Waals surface area contributed by atoms with Crippen LogP contribution in [-0.2, 0) is 4.74 Å². The van der Waals surface area contributed by atoms with Gasteiger partial charge in [-0.15, -0.1) is 0 Å². The van der Waals surface area contributed by atoms with Gasteiger partial charge in [-0.3, -0.25) is 0 Å². The lowest BCUT2D eigenvalue weighted by atomic mass is 9.93.